The van der Waals surface area contributed by atoms with E-state index in [2.05, 4.69) is 0 Å². The van der Waals surface area contributed by atoms with E-state index in [1.54, 1.807) is 17.0 Å². The number of anilines is 1. The molecule has 0 saturated carbocycles. The fraction of sp³-hybridized carbons (Fsp3) is 0.529. The molecule has 0 aromatic heterocycles. The van der Waals surface area contributed by atoms with E-state index < -0.39 is 0 Å². The summed E-state index contributed by atoms with van der Waals surface area (Å²) in [5.41, 5.74) is 0.956. The van der Waals surface area contributed by atoms with E-state index in [1.807, 2.05) is 4.90 Å². The predicted octanol–water partition coefficient (Wildman–Crippen LogP) is 2.62. The number of benzene rings is 1. The summed E-state index contributed by atoms with van der Waals surface area (Å²) < 4.78 is 14.4. The Bertz CT molecular complexity index is 572. The number of nitrogens with zero attached hydrogens (tertiary/aromatic N) is 2. The molecule has 3 rings (SSSR count). The van der Waals surface area contributed by atoms with Crippen molar-refractivity contribution in [2.75, 3.05) is 31.1 Å². The lowest BCUT2D eigenvalue weighted by atomic mass is 10.1. The lowest BCUT2D eigenvalue weighted by molar-refractivity contribution is -0.120. The summed E-state index contributed by atoms with van der Waals surface area (Å²) in [6, 6.07) is 4.75. The number of amides is 1. The van der Waals surface area contributed by atoms with Crippen LogP contribution in [0.1, 0.15) is 42.5 Å². The van der Waals surface area contributed by atoms with Crippen LogP contribution >= 0.6 is 0 Å². The van der Waals surface area contributed by atoms with E-state index in [-0.39, 0.29) is 17.5 Å². The van der Waals surface area contributed by atoms with Crippen LogP contribution in [0.5, 0.6) is 0 Å². The summed E-state index contributed by atoms with van der Waals surface area (Å²) in [6.45, 7) is 2.62. The zero-order valence-corrected chi connectivity index (χ0v) is 12.7. The van der Waals surface area contributed by atoms with Crippen molar-refractivity contribution in [2.45, 2.75) is 32.1 Å². The summed E-state index contributed by atoms with van der Waals surface area (Å²) in [7, 11) is 0. The number of carbonyl (C=O) groups is 2. The normalized spacial score (nSPS) is 19.4. The lowest BCUT2D eigenvalue weighted by Gasteiger charge is -2.29. The topological polar surface area (TPSA) is 40.6 Å². The highest BCUT2D eigenvalue weighted by molar-refractivity contribution is 5.95. The van der Waals surface area contributed by atoms with Gasteiger partial charge < -0.3 is 9.80 Å². The average molecular weight is 304 g/mol. The molecule has 1 aromatic carbocycles. The molecule has 2 fully saturated rings. The Morgan fingerprint density at radius 3 is 2.32 bits per heavy atom. The first-order valence-corrected chi connectivity index (χ1v) is 8.00. The smallest absolute Gasteiger partial charge is 0.253 e. The van der Waals surface area contributed by atoms with Gasteiger partial charge in [-0.2, -0.15) is 0 Å². The van der Waals surface area contributed by atoms with Crippen molar-refractivity contribution in [1.82, 2.24) is 4.90 Å². The lowest BCUT2D eigenvalue weighted by Crippen LogP contribution is -2.38. The number of hydrogen-bond donors (Lipinski definition) is 0. The first-order valence-electron chi connectivity index (χ1n) is 8.00. The monoisotopic (exact) mass is 304 g/mol. The van der Waals surface area contributed by atoms with Gasteiger partial charge in [-0.3, -0.25) is 9.59 Å². The number of Topliss-reactive ketones (excluding diaryl/α,β-unsaturated/α-hetero) is 1. The highest BCUT2D eigenvalue weighted by Gasteiger charge is 2.23. The van der Waals surface area contributed by atoms with Gasteiger partial charge in [0.15, 0.2) is 0 Å². The Morgan fingerprint density at radius 2 is 1.68 bits per heavy atom. The molecular formula is C17H21FN2O2. The number of ketones is 1. The highest BCUT2D eigenvalue weighted by atomic mass is 19.1. The van der Waals surface area contributed by atoms with E-state index in [9.17, 15) is 14.0 Å². The second-order valence-electron chi connectivity index (χ2n) is 6.04. The van der Waals surface area contributed by atoms with Gasteiger partial charge in [0.2, 0.25) is 0 Å². The number of piperidine rings is 2. The van der Waals surface area contributed by atoms with Gasteiger partial charge in [0.05, 0.1) is 5.69 Å². The van der Waals surface area contributed by atoms with Gasteiger partial charge in [-0.15, -0.1) is 0 Å². The second kappa shape index (κ2) is 6.46. The van der Waals surface area contributed by atoms with Gasteiger partial charge >= 0.3 is 0 Å². The van der Waals surface area contributed by atoms with Crippen LogP contribution < -0.4 is 4.90 Å². The molecule has 0 radical (unpaired) electrons. The van der Waals surface area contributed by atoms with Crippen molar-refractivity contribution in [2.24, 2.45) is 0 Å². The van der Waals surface area contributed by atoms with Crippen molar-refractivity contribution < 1.29 is 14.0 Å². The van der Waals surface area contributed by atoms with Crippen molar-refractivity contribution in [1.29, 1.82) is 0 Å². The van der Waals surface area contributed by atoms with Gasteiger partial charge in [-0.25, -0.2) is 4.39 Å². The molecule has 2 saturated heterocycles. The summed E-state index contributed by atoms with van der Waals surface area (Å²) in [5, 5.41) is 0. The van der Waals surface area contributed by atoms with Crippen LogP contribution in [0.25, 0.3) is 0 Å². The van der Waals surface area contributed by atoms with Crippen LogP contribution in [-0.2, 0) is 4.79 Å². The van der Waals surface area contributed by atoms with E-state index in [1.165, 1.54) is 12.5 Å². The van der Waals surface area contributed by atoms with Crippen LogP contribution in [0.4, 0.5) is 10.1 Å². The molecule has 2 heterocycles. The molecule has 0 aliphatic carbocycles. The third kappa shape index (κ3) is 3.13. The van der Waals surface area contributed by atoms with Crippen LogP contribution in [0, 0.1) is 5.82 Å². The number of rotatable bonds is 2. The Hall–Kier alpha value is -1.91. The molecule has 22 heavy (non-hydrogen) atoms. The molecule has 0 spiro atoms. The summed E-state index contributed by atoms with van der Waals surface area (Å²) in [5.74, 6) is -0.326. The molecule has 0 atom stereocenters. The van der Waals surface area contributed by atoms with Gasteiger partial charge in [0, 0.05) is 44.6 Å². The molecule has 4 nitrogen and oxygen atoms in total. The Labute approximate surface area is 129 Å². The molecule has 118 valence electrons. The maximum atomic E-state index is 14.4. The van der Waals surface area contributed by atoms with Crippen molar-refractivity contribution >= 4 is 17.4 Å². The number of halogens is 1. The minimum Gasteiger partial charge on any atom is -0.369 e. The van der Waals surface area contributed by atoms with E-state index in [0.717, 1.165) is 25.9 Å². The van der Waals surface area contributed by atoms with Crippen LogP contribution in [-0.4, -0.2) is 42.8 Å². The molecule has 0 bridgehead atoms. The fourth-order valence-electron chi connectivity index (χ4n) is 3.17. The number of likely N-dealkylation sites (tertiary alicyclic amines) is 1. The highest BCUT2D eigenvalue weighted by Crippen LogP contribution is 2.25. The zero-order chi connectivity index (χ0) is 15.5. The molecule has 1 aromatic rings. The van der Waals surface area contributed by atoms with E-state index in [0.29, 0.717) is 37.2 Å². The van der Waals surface area contributed by atoms with Crippen molar-refractivity contribution in [3.05, 3.63) is 29.6 Å². The van der Waals surface area contributed by atoms with Gasteiger partial charge in [0.25, 0.3) is 5.91 Å². The Kier molecular flexibility index (Phi) is 4.41. The standard InChI is InChI=1S/C17H21FN2O2/c18-15-12-13(17(22)20-10-6-14(21)7-11-20)4-5-16(15)19-8-2-1-3-9-19/h4-5,12H,1-3,6-11H2. The second-order valence-corrected chi connectivity index (χ2v) is 6.04. The Morgan fingerprint density at radius 1 is 1.00 bits per heavy atom. The summed E-state index contributed by atoms with van der Waals surface area (Å²) in [6.07, 6.45) is 4.17. The van der Waals surface area contributed by atoms with Crippen LogP contribution in [0.15, 0.2) is 18.2 Å². The first kappa shape index (κ1) is 15.0. The summed E-state index contributed by atoms with van der Waals surface area (Å²) >= 11 is 0. The van der Waals surface area contributed by atoms with Crippen LogP contribution in [0.2, 0.25) is 0 Å². The zero-order valence-electron chi connectivity index (χ0n) is 12.7. The van der Waals surface area contributed by atoms with Crippen LogP contribution in [0.3, 0.4) is 0 Å². The minimum atomic E-state index is -0.333. The van der Waals surface area contributed by atoms with E-state index >= 15 is 0 Å². The largest absolute Gasteiger partial charge is 0.369 e. The third-order valence-electron chi connectivity index (χ3n) is 4.50. The molecule has 0 N–H and O–H groups in total. The minimum absolute atomic E-state index is 0.184. The fourth-order valence-corrected chi connectivity index (χ4v) is 3.17. The van der Waals surface area contributed by atoms with Crippen molar-refractivity contribution in [3.8, 4) is 0 Å². The van der Waals surface area contributed by atoms with Crippen molar-refractivity contribution in [3.63, 3.8) is 0 Å². The van der Waals surface area contributed by atoms with E-state index in [4.69, 9.17) is 0 Å². The number of carbonyl (C=O) groups excluding carboxylic acids is 2. The molecular weight excluding hydrogens is 283 g/mol. The first-order chi connectivity index (χ1) is 10.6. The molecule has 2 aliphatic heterocycles. The van der Waals surface area contributed by atoms with Gasteiger partial charge in [0.1, 0.15) is 11.6 Å². The SMILES string of the molecule is O=C1CCN(C(=O)c2ccc(N3CCCCC3)c(F)c2)CC1. The Balaban J connectivity index is 1.73. The summed E-state index contributed by atoms with van der Waals surface area (Å²) in [4.78, 5) is 27.3. The third-order valence-corrected chi connectivity index (χ3v) is 4.50. The molecule has 0 unspecified atom stereocenters. The predicted molar refractivity (Wildman–Crippen MR) is 82.6 cm³/mol. The average Bonchev–Trinajstić information content (AvgIpc) is 2.55. The quantitative estimate of drug-likeness (QED) is 0.843. The molecule has 1 amide bonds. The maximum absolute atomic E-state index is 14.4. The molecule has 2 aliphatic rings. The van der Waals surface area contributed by atoms with Gasteiger partial charge in [-0.05, 0) is 37.5 Å². The molecule has 5 heteroatoms. The maximum Gasteiger partial charge on any atom is 0.253 e. The van der Waals surface area contributed by atoms with Gasteiger partial charge in [-0.1, -0.05) is 0 Å². The number of hydrogen-bond acceptors (Lipinski definition) is 3.